The van der Waals surface area contributed by atoms with E-state index < -0.39 is 0 Å². The summed E-state index contributed by atoms with van der Waals surface area (Å²) >= 11 is 5.44. The molecule has 0 atom stereocenters. The SMILES string of the molecule is COc1ccc(CNC(=S)Nc2ccc(N3CCCC3=O)c(C)c2)c(OC)c1OC. The molecule has 1 heterocycles. The van der Waals surface area contributed by atoms with E-state index in [1.54, 1.807) is 21.3 Å². The van der Waals surface area contributed by atoms with Gasteiger partial charge in [-0.3, -0.25) is 4.79 Å². The maximum atomic E-state index is 12.0. The maximum absolute atomic E-state index is 12.0. The smallest absolute Gasteiger partial charge is 0.227 e. The molecule has 0 aliphatic carbocycles. The van der Waals surface area contributed by atoms with Crippen molar-refractivity contribution in [3.8, 4) is 17.2 Å². The number of anilines is 2. The topological polar surface area (TPSA) is 72.1 Å². The average Bonchev–Trinajstić information content (AvgIpc) is 3.17. The predicted octanol–water partition coefficient (Wildman–Crippen LogP) is 3.63. The van der Waals surface area contributed by atoms with E-state index >= 15 is 0 Å². The third-order valence-electron chi connectivity index (χ3n) is 5.04. The van der Waals surface area contributed by atoms with Crippen LogP contribution in [0.15, 0.2) is 30.3 Å². The van der Waals surface area contributed by atoms with Gasteiger partial charge in [0, 0.05) is 36.4 Å². The molecule has 0 aromatic heterocycles. The van der Waals surface area contributed by atoms with Crippen molar-refractivity contribution in [2.24, 2.45) is 0 Å². The number of methoxy groups -OCH3 is 3. The molecule has 7 nitrogen and oxygen atoms in total. The Morgan fingerprint density at radius 1 is 1.10 bits per heavy atom. The lowest BCUT2D eigenvalue weighted by Gasteiger charge is -2.20. The normalized spacial score (nSPS) is 13.2. The van der Waals surface area contributed by atoms with Gasteiger partial charge < -0.3 is 29.7 Å². The van der Waals surface area contributed by atoms with E-state index in [1.165, 1.54) is 0 Å². The number of carbonyl (C=O) groups excluding carboxylic acids is 1. The van der Waals surface area contributed by atoms with E-state index in [-0.39, 0.29) is 5.91 Å². The number of benzene rings is 2. The van der Waals surface area contributed by atoms with Crippen molar-refractivity contribution in [3.63, 3.8) is 0 Å². The summed E-state index contributed by atoms with van der Waals surface area (Å²) in [4.78, 5) is 13.8. The molecule has 1 aliphatic rings. The highest BCUT2D eigenvalue weighted by Gasteiger charge is 2.23. The van der Waals surface area contributed by atoms with E-state index in [9.17, 15) is 4.79 Å². The van der Waals surface area contributed by atoms with Gasteiger partial charge in [0.05, 0.1) is 21.3 Å². The van der Waals surface area contributed by atoms with Crippen LogP contribution in [0.25, 0.3) is 0 Å². The van der Waals surface area contributed by atoms with Crippen molar-refractivity contribution >= 4 is 34.6 Å². The summed E-state index contributed by atoms with van der Waals surface area (Å²) in [6.07, 6.45) is 1.53. The second-order valence-electron chi connectivity index (χ2n) is 6.95. The molecule has 1 saturated heterocycles. The summed E-state index contributed by atoms with van der Waals surface area (Å²) in [5.41, 5.74) is 3.73. The van der Waals surface area contributed by atoms with Crippen LogP contribution in [0.3, 0.4) is 0 Å². The Bertz CT molecular complexity index is 948. The highest BCUT2D eigenvalue weighted by molar-refractivity contribution is 7.80. The minimum atomic E-state index is 0.180. The number of nitrogens with zero attached hydrogens (tertiary/aromatic N) is 1. The highest BCUT2D eigenvalue weighted by atomic mass is 32.1. The fourth-order valence-electron chi connectivity index (χ4n) is 3.59. The van der Waals surface area contributed by atoms with Crippen molar-refractivity contribution in [2.45, 2.75) is 26.3 Å². The molecule has 2 N–H and O–H groups in total. The summed E-state index contributed by atoms with van der Waals surface area (Å²) in [5, 5.41) is 6.86. The first kappa shape index (κ1) is 21.7. The van der Waals surface area contributed by atoms with Crippen LogP contribution in [-0.4, -0.2) is 38.9 Å². The van der Waals surface area contributed by atoms with Gasteiger partial charge in [-0.2, -0.15) is 0 Å². The Labute approximate surface area is 182 Å². The van der Waals surface area contributed by atoms with Crippen LogP contribution in [0.5, 0.6) is 17.2 Å². The Morgan fingerprint density at radius 2 is 1.87 bits per heavy atom. The van der Waals surface area contributed by atoms with Crippen LogP contribution in [0.2, 0.25) is 0 Å². The fourth-order valence-corrected chi connectivity index (χ4v) is 3.78. The molecule has 0 spiro atoms. The fraction of sp³-hybridized carbons (Fsp3) is 0.364. The second-order valence-corrected chi connectivity index (χ2v) is 7.36. The molecular weight excluding hydrogens is 402 g/mol. The van der Waals surface area contributed by atoms with Gasteiger partial charge in [-0.15, -0.1) is 0 Å². The molecule has 0 unspecified atom stereocenters. The zero-order chi connectivity index (χ0) is 21.7. The Balaban J connectivity index is 1.65. The Morgan fingerprint density at radius 3 is 2.47 bits per heavy atom. The molecule has 0 bridgehead atoms. The lowest BCUT2D eigenvalue weighted by atomic mass is 10.1. The number of nitrogens with one attached hydrogen (secondary N) is 2. The molecule has 0 saturated carbocycles. The van der Waals surface area contributed by atoms with Crippen LogP contribution in [0, 0.1) is 6.92 Å². The summed E-state index contributed by atoms with van der Waals surface area (Å²) in [5.74, 6) is 1.93. The maximum Gasteiger partial charge on any atom is 0.227 e. The first-order valence-corrected chi connectivity index (χ1v) is 10.1. The van der Waals surface area contributed by atoms with E-state index in [2.05, 4.69) is 10.6 Å². The second kappa shape index (κ2) is 9.67. The van der Waals surface area contributed by atoms with E-state index in [0.717, 1.165) is 35.5 Å². The number of amides is 1. The molecule has 1 amide bonds. The standard InChI is InChI=1S/C22H27N3O4S/c1-14-12-16(8-9-17(14)25-11-5-6-19(25)26)24-22(30)23-13-15-7-10-18(27-2)21(29-4)20(15)28-3/h7-10,12H,5-6,11,13H2,1-4H3,(H2,23,24,30). The van der Waals surface area contributed by atoms with Crippen LogP contribution in [0.4, 0.5) is 11.4 Å². The molecule has 30 heavy (non-hydrogen) atoms. The van der Waals surface area contributed by atoms with Crippen LogP contribution < -0.4 is 29.7 Å². The Hall–Kier alpha value is -3.00. The molecule has 2 aromatic carbocycles. The number of rotatable bonds is 7. The first-order valence-electron chi connectivity index (χ1n) is 9.72. The van der Waals surface area contributed by atoms with Crippen molar-refractivity contribution in [1.29, 1.82) is 0 Å². The number of thiocarbonyl (C=S) groups is 1. The predicted molar refractivity (Wildman–Crippen MR) is 122 cm³/mol. The molecule has 0 radical (unpaired) electrons. The highest BCUT2D eigenvalue weighted by Crippen LogP contribution is 2.39. The monoisotopic (exact) mass is 429 g/mol. The minimum Gasteiger partial charge on any atom is -0.493 e. The van der Waals surface area contributed by atoms with Gasteiger partial charge in [0.2, 0.25) is 11.7 Å². The largest absolute Gasteiger partial charge is 0.493 e. The summed E-state index contributed by atoms with van der Waals surface area (Å²) in [7, 11) is 4.75. The van der Waals surface area contributed by atoms with Crippen LogP contribution in [0.1, 0.15) is 24.0 Å². The molecule has 2 aromatic rings. The van der Waals surface area contributed by atoms with E-state index in [1.807, 2.05) is 42.2 Å². The van der Waals surface area contributed by atoms with Crippen molar-refractivity contribution in [3.05, 3.63) is 41.5 Å². The zero-order valence-corrected chi connectivity index (χ0v) is 18.5. The minimum absolute atomic E-state index is 0.180. The van der Waals surface area contributed by atoms with Gasteiger partial charge in [0.25, 0.3) is 0 Å². The van der Waals surface area contributed by atoms with Crippen LogP contribution >= 0.6 is 12.2 Å². The molecular formula is C22H27N3O4S. The lowest BCUT2D eigenvalue weighted by Crippen LogP contribution is -2.28. The number of hydrogen-bond acceptors (Lipinski definition) is 5. The summed E-state index contributed by atoms with van der Waals surface area (Å²) in [6.45, 7) is 3.23. The van der Waals surface area contributed by atoms with E-state index in [4.69, 9.17) is 26.4 Å². The quantitative estimate of drug-likeness (QED) is 0.651. The molecule has 1 fully saturated rings. The first-order chi connectivity index (χ1) is 14.5. The van der Waals surface area contributed by atoms with Gasteiger partial charge in [-0.25, -0.2) is 0 Å². The molecule has 1 aliphatic heterocycles. The molecule has 160 valence electrons. The third kappa shape index (κ3) is 4.59. The average molecular weight is 430 g/mol. The number of carbonyl (C=O) groups is 1. The lowest BCUT2D eigenvalue weighted by molar-refractivity contribution is -0.117. The zero-order valence-electron chi connectivity index (χ0n) is 17.7. The number of ether oxygens (including phenoxy) is 3. The van der Waals surface area contributed by atoms with Crippen molar-refractivity contribution < 1.29 is 19.0 Å². The van der Waals surface area contributed by atoms with Gasteiger partial charge in [0.15, 0.2) is 16.6 Å². The summed E-state index contributed by atoms with van der Waals surface area (Å²) in [6, 6.07) is 9.62. The number of hydrogen-bond donors (Lipinski definition) is 2. The van der Waals surface area contributed by atoms with Crippen molar-refractivity contribution in [1.82, 2.24) is 5.32 Å². The van der Waals surface area contributed by atoms with Gasteiger partial charge in [-0.05, 0) is 61.5 Å². The third-order valence-corrected chi connectivity index (χ3v) is 5.29. The molecule has 3 rings (SSSR count). The van der Waals surface area contributed by atoms with Crippen molar-refractivity contribution in [2.75, 3.05) is 38.1 Å². The van der Waals surface area contributed by atoms with Gasteiger partial charge >= 0.3 is 0 Å². The van der Waals surface area contributed by atoms with E-state index in [0.29, 0.717) is 35.3 Å². The number of aryl methyl sites for hydroxylation is 1. The van der Waals surface area contributed by atoms with Gasteiger partial charge in [0.1, 0.15) is 0 Å². The Kier molecular flexibility index (Phi) is 6.99. The summed E-state index contributed by atoms with van der Waals surface area (Å²) < 4.78 is 16.2. The van der Waals surface area contributed by atoms with Crippen LogP contribution in [-0.2, 0) is 11.3 Å². The van der Waals surface area contributed by atoms with Gasteiger partial charge in [-0.1, -0.05) is 0 Å². The molecule has 8 heteroatoms.